The highest BCUT2D eigenvalue weighted by atomic mass is 16.3. The minimum Gasteiger partial charge on any atom is -0.388 e. The number of aliphatic hydroxyl groups is 1. The van der Waals surface area contributed by atoms with Crippen LogP contribution in [-0.2, 0) is 0 Å². The molecule has 0 radical (unpaired) electrons. The number of aryl methyl sites for hydroxylation is 1. The van der Waals surface area contributed by atoms with Gasteiger partial charge in [0.25, 0.3) is 0 Å². The van der Waals surface area contributed by atoms with Crippen molar-refractivity contribution < 1.29 is 5.11 Å². The molecule has 0 amide bonds. The van der Waals surface area contributed by atoms with E-state index in [1.54, 1.807) is 0 Å². The summed E-state index contributed by atoms with van der Waals surface area (Å²) >= 11 is 0. The first-order valence-electron chi connectivity index (χ1n) is 4.98. The Morgan fingerprint density at radius 1 is 1.43 bits per heavy atom. The molecule has 0 saturated carbocycles. The van der Waals surface area contributed by atoms with Crippen molar-refractivity contribution >= 4 is 10.9 Å². The van der Waals surface area contributed by atoms with Gasteiger partial charge in [-0.2, -0.15) is 0 Å². The average molecular weight is 189 g/mol. The third kappa shape index (κ3) is 1.42. The van der Waals surface area contributed by atoms with Gasteiger partial charge in [-0.25, -0.2) is 0 Å². The summed E-state index contributed by atoms with van der Waals surface area (Å²) in [4.78, 5) is 3.18. The van der Waals surface area contributed by atoms with Gasteiger partial charge in [0.1, 0.15) is 0 Å². The van der Waals surface area contributed by atoms with Crippen LogP contribution in [0.25, 0.3) is 10.9 Å². The van der Waals surface area contributed by atoms with E-state index in [9.17, 15) is 5.11 Å². The van der Waals surface area contributed by atoms with Gasteiger partial charge in [-0.1, -0.05) is 19.1 Å². The number of rotatable bonds is 2. The van der Waals surface area contributed by atoms with Crippen molar-refractivity contribution in [2.24, 2.45) is 0 Å². The van der Waals surface area contributed by atoms with Crippen molar-refractivity contribution in [1.82, 2.24) is 4.98 Å². The van der Waals surface area contributed by atoms with E-state index in [0.29, 0.717) is 0 Å². The zero-order valence-corrected chi connectivity index (χ0v) is 8.54. The summed E-state index contributed by atoms with van der Waals surface area (Å²) in [6.07, 6.45) is 2.30. The molecule has 1 aromatic carbocycles. The molecule has 2 nitrogen and oxygen atoms in total. The normalized spacial score (nSPS) is 13.4. The predicted molar refractivity (Wildman–Crippen MR) is 58.3 cm³/mol. The first kappa shape index (κ1) is 9.28. The lowest BCUT2D eigenvalue weighted by atomic mass is 10.1. The van der Waals surface area contributed by atoms with E-state index in [-0.39, 0.29) is 6.10 Å². The van der Waals surface area contributed by atoms with Crippen molar-refractivity contribution in [3.05, 3.63) is 35.5 Å². The highest BCUT2D eigenvalue weighted by molar-refractivity contribution is 5.84. The van der Waals surface area contributed by atoms with E-state index >= 15 is 0 Å². The standard InChI is InChI=1S/C12H15NO/c1-3-12(14)10-7-13-11-6-8(2)4-5-9(10)11/h4-7,12-14H,3H2,1-2H3/t12-/m0/s1. The first-order chi connectivity index (χ1) is 6.72. The van der Waals surface area contributed by atoms with E-state index in [1.165, 1.54) is 5.56 Å². The number of H-pyrrole nitrogens is 1. The second-order valence-corrected chi connectivity index (χ2v) is 3.72. The van der Waals surface area contributed by atoms with Crippen LogP contribution >= 0.6 is 0 Å². The van der Waals surface area contributed by atoms with Crippen LogP contribution in [0.15, 0.2) is 24.4 Å². The highest BCUT2D eigenvalue weighted by Gasteiger charge is 2.10. The molecule has 0 bridgehead atoms. The van der Waals surface area contributed by atoms with E-state index in [0.717, 1.165) is 22.9 Å². The van der Waals surface area contributed by atoms with Crippen LogP contribution in [0.2, 0.25) is 0 Å². The zero-order valence-electron chi connectivity index (χ0n) is 8.54. The van der Waals surface area contributed by atoms with E-state index in [4.69, 9.17) is 0 Å². The topological polar surface area (TPSA) is 36.0 Å². The van der Waals surface area contributed by atoms with Gasteiger partial charge in [0.15, 0.2) is 0 Å². The second-order valence-electron chi connectivity index (χ2n) is 3.72. The molecule has 0 aliphatic rings. The Morgan fingerprint density at radius 3 is 2.93 bits per heavy atom. The molecular formula is C12H15NO. The summed E-state index contributed by atoms with van der Waals surface area (Å²) < 4.78 is 0. The van der Waals surface area contributed by atoms with Crippen molar-refractivity contribution in [3.8, 4) is 0 Å². The number of fused-ring (bicyclic) bond motifs is 1. The molecule has 0 unspecified atom stereocenters. The van der Waals surface area contributed by atoms with Gasteiger partial charge in [-0.3, -0.25) is 0 Å². The maximum absolute atomic E-state index is 9.77. The van der Waals surface area contributed by atoms with E-state index < -0.39 is 0 Å². The lowest BCUT2D eigenvalue weighted by Gasteiger charge is -2.05. The lowest BCUT2D eigenvalue weighted by molar-refractivity contribution is 0.175. The number of hydrogen-bond donors (Lipinski definition) is 2. The largest absolute Gasteiger partial charge is 0.388 e. The summed E-state index contributed by atoms with van der Waals surface area (Å²) in [6.45, 7) is 4.05. The highest BCUT2D eigenvalue weighted by Crippen LogP contribution is 2.26. The molecule has 2 aromatic rings. The van der Waals surface area contributed by atoms with Gasteiger partial charge in [0.2, 0.25) is 0 Å². The minimum atomic E-state index is -0.355. The molecule has 0 spiro atoms. The molecule has 0 fully saturated rings. The van der Waals surface area contributed by atoms with Gasteiger partial charge >= 0.3 is 0 Å². The number of hydrogen-bond acceptors (Lipinski definition) is 1. The van der Waals surface area contributed by atoms with Crippen molar-refractivity contribution in [2.45, 2.75) is 26.4 Å². The maximum atomic E-state index is 9.77. The monoisotopic (exact) mass is 189 g/mol. The molecular weight excluding hydrogens is 174 g/mol. The molecule has 1 aromatic heterocycles. The van der Waals surface area contributed by atoms with E-state index in [2.05, 4.69) is 30.1 Å². The van der Waals surface area contributed by atoms with Gasteiger partial charge in [-0.05, 0) is 25.0 Å². The molecule has 0 aliphatic carbocycles. The van der Waals surface area contributed by atoms with Crippen LogP contribution in [0, 0.1) is 6.92 Å². The number of nitrogens with one attached hydrogen (secondary N) is 1. The molecule has 0 saturated heterocycles. The van der Waals surface area contributed by atoms with Gasteiger partial charge < -0.3 is 10.1 Å². The maximum Gasteiger partial charge on any atom is 0.0808 e. The Labute approximate surface area is 83.6 Å². The zero-order chi connectivity index (χ0) is 10.1. The molecule has 2 heteroatoms. The van der Waals surface area contributed by atoms with Crippen molar-refractivity contribution in [1.29, 1.82) is 0 Å². The molecule has 0 aliphatic heterocycles. The summed E-state index contributed by atoms with van der Waals surface area (Å²) in [5, 5.41) is 10.9. The van der Waals surface area contributed by atoms with Gasteiger partial charge in [-0.15, -0.1) is 0 Å². The van der Waals surface area contributed by atoms with Crippen LogP contribution in [0.5, 0.6) is 0 Å². The van der Waals surface area contributed by atoms with Crippen molar-refractivity contribution in [3.63, 3.8) is 0 Å². The predicted octanol–water partition coefficient (Wildman–Crippen LogP) is 2.92. The summed E-state index contributed by atoms with van der Waals surface area (Å²) in [6, 6.07) is 6.23. The van der Waals surface area contributed by atoms with Gasteiger partial charge in [0.05, 0.1) is 6.10 Å². The van der Waals surface area contributed by atoms with Crippen LogP contribution in [0.4, 0.5) is 0 Å². The SMILES string of the molecule is CC[C@H](O)c1c[nH]c2cc(C)ccc12. The lowest BCUT2D eigenvalue weighted by Crippen LogP contribution is -1.92. The minimum absolute atomic E-state index is 0.355. The second kappa shape index (κ2) is 3.46. The van der Waals surface area contributed by atoms with Crippen LogP contribution < -0.4 is 0 Å². The van der Waals surface area contributed by atoms with Crippen LogP contribution in [0.3, 0.4) is 0 Å². The molecule has 2 rings (SSSR count). The quantitative estimate of drug-likeness (QED) is 0.748. The number of aliphatic hydroxyl groups excluding tert-OH is 1. The van der Waals surface area contributed by atoms with Crippen LogP contribution in [-0.4, -0.2) is 10.1 Å². The molecule has 1 atom stereocenters. The van der Waals surface area contributed by atoms with Crippen molar-refractivity contribution in [2.75, 3.05) is 0 Å². The Balaban J connectivity index is 2.58. The fraction of sp³-hybridized carbons (Fsp3) is 0.333. The Kier molecular flexibility index (Phi) is 2.30. The molecule has 2 N–H and O–H groups in total. The Bertz CT molecular complexity index is 445. The fourth-order valence-corrected chi connectivity index (χ4v) is 1.76. The summed E-state index contributed by atoms with van der Waals surface area (Å²) in [7, 11) is 0. The third-order valence-corrected chi connectivity index (χ3v) is 2.61. The first-order valence-corrected chi connectivity index (χ1v) is 4.98. The molecule has 14 heavy (non-hydrogen) atoms. The number of aromatic nitrogens is 1. The van der Waals surface area contributed by atoms with Gasteiger partial charge in [0, 0.05) is 22.7 Å². The number of benzene rings is 1. The third-order valence-electron chi connectivity index (χ3n) is 2.61. The Morgan fingerprint density at radius 2 is 2.21 bits per heavy atom. The smallest absolute Gasteiger partial charge is 0.0808 e. The number of aromatic amines is 1. The van der Waals surface area contributed by atoms with Crippen LogP contribution in [0.1, 0.15) is 30.6 Å². The molecule has 74 valence electrons. The summed E-state index contributed by atoms with van der Waals surface area (Å²) in [5.74, 6) is 0. The average Bonchev–Trinajstić information content (AvgIpc) is 2.59. The summed E-state index contributed by atoms with van der Waals surface area (Å²) in [5.41, 5.74) is 3.34. The Hall–Kier alpha value is -1.28. The molecule has 1 heterocycles. The van der Waals surface area contributed by atoms with E-state index in [1.807, 2.05) is 13.1 Å². The fourth-order valence-electron chi connectivity index (χ4n) is 1.76.